The highest BCUT2D eigenvalue weighted by Gasteiger charge is 2.16. The molecule has 0 aliphatic carbocycles. The van der Waals surface area contributed by atoms with Gasteiger partial charge >= 0.3 is 5.97 Å². The van der Waals surface area contributed by atoms with E-state index in [1.165, 1.54) is 0 Å². The summed E-state index contributed by atoms with van der Waals surface area (Å²) in [5, 5.41) is 10.4. The van der Waals surface area contributed by atoms with Crippen molar-refractivity contribution in [2.45, 2.75) is 33.1 Å². The van der Waals surface area contributed by atoms with E-state index in [0.29, 0.717) is 13.0 Å². The third-order valence-corrected chi connectivity index (χ3v) is 1.77. The highest BCUT2D eigenvalue weighted by molar-refractivity contribution is 5.72. The van der Waals surface area contributed by atoms with Gasteiger partial charge in [0.1, 0.15) is 0 Å². The van der Waals surface area contributed by atoms with E-state index in [9.17, 15) is 9.90 Å². The fraction of sp³-hybridized carbons (Fsp3) is 0.889. The van der Waals surface area contributed by atoms with Gasteiger partial charge in [0.05, 0.1) is 19.1 Å². The van der Waals surface area contributed by atoms with Gasteiger partial charge in [0, 0.05) is 0 Å². The molecule has 0 aromatic carbocycles. The van der Waals surface area contributed by atoms with Crippen molar-refractivity contribution in [2.75, 3.05) is 13.2 Å². The molecule has 0 bridgehead atoms. The highest BCUT2D eigenvalue weighted by Crippen LogP contribution is 2.04. The number of unbranched alkanes of at least 4 members (excludes halogenated alkanes) is 1. The molecule has 3 heteroatoms. The first-order valence-corrected chi connectivity index (χ1v) is 4.50. The summed E-state index contributed by atoms with van der Waals surface area (Å²) in [6.45, 7) is 3.94. The topological polar surface area (TPSA) is 46.2 Å². The highest BCUT2D eigenvalue weighted by atomic mass is 16.5. The van der Waals surface area contributed by atoms with Gasteiger partial charge in [-0.1, -0.05) is 20.3 Å². The van der Waals surface area contributed by atoms with E-state index in [-0.39, 0.29) is 12.6 Å². The number of rotatable bonds is 6. The molecule has 0 saturated carbocycles. The molecule has 0 N–H and O–H groups in total. The molecule has 0 heterocycles. The lowest BCUT2D eigenvalue weighted by atomic mass is 10.1. The summed E-state index contributed by atoms with van der Waals surface area (Å²) in [6, 6.07) is 0. The van der Waals surface area contributed by atoms with Crippen LogP contribution in [0.3, 0.4) is 0 Å². The van der Waals surface area contributed by atoms with Gasteiger partial charge in [-0.15, -0.1) is 0 Å². The maximum absolute atomic E-state index is 11.1. The Labute approximate surface area is 73.7 Å². The molecule has 0 aromatic heterocycles. The molecule has 1 unspecified atom stereocenters. The molecule has 0 aromatic rings. The third kappa shape index (κ3) is 4.34. The maximum Gasteiger partial charge on any atom is 0.311 e. The molecule has 0 aliphatic rings. The Morgan fingerprint density at radius 2 is 2.08 bits per heavy atom. The average molecular weight is 173 g/mol. The Bertz CT molecular complexity index is 119. The van der Waals surface area contributed by atoms with Crippen LogP contribution in [-0.4, -0.2) is 19.2 Å². The molecule has 1 atom stereocenters. The Kier molecular flexibility index (Phi) is 6.76. The molecule has 71 valence electrons. The van der Waals surface area contributed by atoms with Crippen LogP contribution in [0.25, 0.3) is 0 Å². The Balaban J connectivity index is 3.54. The van der Waals surface area contributed by atoms with Crippen LogP contribution in [0, 0.1) is 5.92 Å². The van der Waals surface area contributed by atoms with Crippen LogP contribution in [0.2, 0.25) is 0 Å². The molecule has 0 aliphatic heterocycles. The average Bonchev–Trinajstić information content (AvgIpc) is 2.07. The summed E-state index contributed by atoms with van der Waals surface area (Å²) in [5.41, 5.74) is 0. The number of carbonyl (C=O) groups is 1. The lowest BCUT2D eigenvalue weighted by molar-refractivity contribution is -0.150. The summed E-state index contributed by atoms with van der Waals surface area (Å²) >= 11 is 0. The summed E-state index contributed by atoms with van der Waals surface area (Å²) < 4.78 is 4.89. The Hall–Kier alpha value is -0.570. The van der Waals surface area contributed by atoms with Crippen molar-refractivity contribution in [2.24, 2.45) is 5.92 Å². The first-order valence-electron chi connectivity index (χ1n) is 4.50. The van der Waals surface area contributed by atoms with E-state index in [0.717, 1.165) is 12.8 Å². The number of hydrogen-bond acceptors (Lipinski definition) is 2. The van der Waals surface area contributed by atoms with Gasteiger partial charge in [-0.2, -0.15) is 0 Å². The summed E-state index contributed by atoms with van der Waals surface area (Å²) in [4.78, 5) is 11.1. The minimum absolute atomic E-state index is 0.332. The molecule has 0 fully saturated rings. The number of ether oxygens (including phenoxy) is 1. The fourth-order valence-corrected chi connectivity index (χ4v) is 0.788. The molecule has 0 spiro atoms. The van der Waals surface area contributed by atoms with E-state index < -0.39 is 5.92 Å². The largest absolute Gasteiger partial charge is 0.465 e. The van der Waals surface area contributed by atoms with Gasteiger partial charge in [-0.3, -0.25) is 4.79 Å². The van der Waals surface area contributed by atoms with Crippen LogP contribution in [0.4, 0.5) is 0 Å². The minimum Gasteiger partial charge on any atom is -0.465 e. The van der Waals surface area contributed by atoms with Crippen LogP contribution >= 0.6 is 0 Å². The lowest BCUT2D eigenvalue weighted by Crippen LogP contribution is -2.20. The molecular weight excluding hydrogens is 156 g/mol. The smallest absolute Gasteiger partial charge is 0.311 e. The van der Waals surface area contributed by atoms with Gasteiger partial charge in [-0.25, -0.2) is 5.11 Å². The van der Waals surface area contributed by atoms with Gasteiger partial charge in [0.2, 0.25) is 0 Å². The second-order valence-corrected chi connectivity index (χ2v) is 2.79. The van der Waals surface area contributed by atoms with Crippen molar-refractivity contribution >= 4 is 5.97 Å². The maximum atomic E-state index is 11.1. The molecular formula is C9H17O3. The first-order chi connectivity index (χ1) is 5.76. The van der Waals surface area contributed by atoms with Crippen molar-refractivity contribution in [3.8, 4) is 0 Å². The second kappa shape index (κ2) is 7.10. The quantitative estimate of drug-likeness (QED) is 0.454. The van der Waals surface area contributed by atoms with E-state index in [2.05, 4.69) is 0 Å². The normalized spacial score (nSPS) is 12.6. The SMILES string of the molecule is CCCCOC(=O)C(CC)C[O]. The van der Waals surface area contributed by atoms with Gasteiger partial charge < -0.3 is 4.74 Å². The summed E-state index contributed by atoms with van der Waals surface area (Å²) in [5.74, 6) is -0.775. The second-order valence-electron chi connectivity index (χ2n) is 2.79. The molecule has 1 radical (unpaired) electrons. The van der Waals surface area contributed by atoms with Crippen LogP contribution in [-0.2, 0) is 14.6 Å². The van der Waals surface area contributed by atoms with Crippen molar-refractivity contribution in [3.63, 3.8) is 0 Å². The first kappa shape index (κ1) is 11.4. The van der Waals surface area contributed by atoms with E-state index >= 15 is 0 Å². The zero-order valence-corrected chi connectivity index (χ0v) is 7.84. The number of carbonyl (C=O) groups excluding carboxylic acids is 1. The Morgan fingerprint density at radius 3 is 2.50 bits per heavy atom. The summed E-state index contributed by atoms with van der Waals surface area (Å²) in [7, 11) is 0. The van der Waals surface area contributed by atoms with E-state index in [4.69, 9.17) is 4.74 Å². The molecule has 0 saturated heterocycles. The molecule has 0 amide bonds. The van der Waals surface area contributed by atoms with Crippen LogP contribution < -0.4 is 0 Å². The number of esters is 1. The van der Waals surface area contributed by atoms with Crippen molar-refractivity contribution in [1.82, 2.24) is 0 Å². The van der Waals surface area contributed by atoms with Gasteiger partial charge in [0.25, 0.3) is 0 Å². The van der Waals surface area contributed by atoms with Gasteiger partial charge in [-0.05, 0) is 12.8 Å². The minimum atomic E-state index is -0.443. The van der Waals surface area contributed by atoms with E-state index in [1.807, 2.05) is 13.8 Å². The standard InChI is InChI=1S/C9H17O3/c1-3-5-6-12-9(11)8(4-2)7-10/h8H,3-7H2,1-2H3. The van der Waals surface area contributed by atoms with Crippen LogP contribution in [0.15, 0.2) is 0 Å². The fourth-order valence-electron chi connectivity index (χ4n) is 0.788. The third-order valence-electron chi connectivity index (χ3n) is 1.77. The van der Waals surface area contributed by atoms with Gasteiger partial charge in [0.15, 0.2) is 0 Å². The zero-order chi connectivity index (χ0) is 9.40. The van der Waals surface area contributed by atoms with Crippen molar-refractivity contribution < 1.29 is 14.6 Å². The molecule has 0 rings (SSSR count). The van der Waals surface area contributed by atoms with Crippen molar-refractivity contribution in [3.05, 3.63) is 0 Å². The Morgan fingerprint density at radius 1 is 1.42 bits per heavy atom. The predicted molar refractivity (Wildman–Crippen MR) is 45.2 cm³/mol. The number of hydrogen-bond donors (Lipinski definition) is 0. The lowest BCUT2D eigenvalue weighted by Gasteiger charge is -2.09. The molecule has 3 nitrogen and oxygen atoms in total. The van der Waals surface area contributed by atoms with E-state index in [1.54, 1.807) is 0 Å². The molecule has 12 heavy (non-hydrogen) atoms. The monoisotopic (exact) mass is 173 g/mol. The van der Waals surface area contributed by atoms with Crippen LogP contribution in [0.1, 0.15) is 33.1 Å². The van der Waals surface area contributed by atoms with Crippen LogP contribution in [0.5, 0.6) is 0 Å². The van der Waals surface area contributed by atoms with Crippen molar-refractivity contribution in [1.29, 1.82) is 0 Å². The predicted octanol–water partition coefficient (Wildman–Crippen LogP) is 1.79. The zero-order valence-electron chi connectivity index (χ0n) is 7.84. The summed E-state index contributed by atoms with van der Waals surface area (Å²) in [6.07, 6.45) is 2.46.